The standard InChI is InChI=1S/C16H15ClN4O3/c17-10-3-4-11-12(7-10)20-13(22)6-9-8-19-16(21-15(9)11)18-5-1-2-14(23)24/h3-4,7-8H,1-2,5-6H2,(H,20,22)(H,23,24)(H,18,19,21). The minimum atomic E-state index is -0.838. The van der Waals surface area contributed by atoms with Crippen molar-refractivity contribution in [2.75, 3.05) is 17.2 Å². The van der Waals surface area contributed by atoms with Gasteiger partial charge in [0.05, 0.1) is 17.8 Å². The highest BCUT2D eigenvalue weighted by Gasteiger charge is 2.21. The van der Waals surface area contributed by atoms with E-state index in [0.717, 1.165) is 11.1 Å². The minimum absolute atomic E-state index is 0.0810. The van der Waals surface area contributed by atoms with Gasteiger partial charge in [0.25, 0.3) is 0 Å². The third-order valence-electron chi connectivity index (χ3n) is 3.58. The fourth-order valence-corrected chi connectivity index (χ4v) is 2.66. The van der Waals surface area contributed by atoms with Gasteiger partial charge in [-0.15, -0.1) is 0 Å². The molecule has 0 spiro atoms. The van der Waals surface area contributed by atoms with E-state index < -0.39 is 5.97 Å². The second kappa shape index (κ2) is 6.84. The Morgan fingerprint density at radius 1 is 1.42 bits per heavy atom. The summed E-state index contributed by atoms with van der Waals surface area (Å²) in [5, 5.41) is 15.0. The molecule has 1 aromatic carbocycles. The molecule has 3 N–H and O–H groups in total. The summed E-state index contributed by atoms with van der Waals surface area (Å²) in [6, 6.07) is 5.24. The molecule has 0 unspecified atom stereocenters. The Bertz CT molecular complexity index is 810. The topological polar surface area (TPSA) is 104 Å². The fraction of sp³-hybridized carbons (Fsp3) is 0.250. The van der Waals surface area contributed by atoms with Crippen LogP contribution in [0, 0.1) is 0 Å². The average Bonchev–Trinajstić information content (AvgIpc) is 2.66. The summed E-state index contributed by atoms with van der Waals surface area (Å²) < 4.78 is 0. The van der Waals surface area contributed by atoms with Gasteiger partial charge in [-0.2, -0.15) is 0 Å². The lowest BCUT2D eigenvalue weighted by Gasteiger charge is -2.10. The van der Waals surface area contributed by atoms with Crippen LogP contribution in [0.4, 0.5) is 11.6 Å². The Kier molecular flexibility index (Phi) is 4.61. The Morgan fingerprint density at radius 2 is 2.25 bits per heavy atom. The predicted octanol–water partition coefficient (Wildman–Crippen LogP) is 2.57. The van der Waals surface area contributed by atoms with E-state index >= 15 is 0 Å². The molecule has 3 rings (SSSR count). The van der Waals surface area contributed by atoms with Gasteiger partial charge in [-0.05, 0) is 24.6 Å². The number of aliphatic carboxylic acids is 1. The molecule has 0 bridgehead atoms. The predicted molar refractivity (Wildman–Crippen MR) is 90.2 cm³/mol. The van der Waals surface area contributed by atoms with E-state index in [2.05, 4.69) is 20.6 Å². The molecule has 0 aliphatic carbocycles. The van der Waals surface area contributed by atoms with Crippen molar-refractivity contribution in [1.29, 1.82) is 0 Å². The van der Waals surface area contributed by atoms with Crippen molar-refractivity contribution in [1.82, 2.24) is 9.97 Å². The number of hydrogen-bond acceptors (Lipinski definition) is 5. The summed E-state index contributed by atoms with van der Waals surface area (Å²) in [6.45, 7) is 0.454. The Labute approximate surface area is 143 Å². The number of rotatable bonds is 5. The van der Waals surface area contributed by atoms with Gasteiger partial charge in [-0.1, -0.05) is 11.6 Å². The first kappa shape index (κ1) is 16.2. The van der Waals surface area contributed by atoms with Crippen LogP contribution >= 0.6 is 11.6 Å². The van der Waals surface area contributed by atoms with E-state index in [-0.39, 0.29) is 18.7 Å². The lowest BCUT2D eigenvalue weighted by atomic mass is 10.1. The summed E-state index contributed by atoms with van der Waals surface area (Å²) in [6.07, 6.45) is 2.35. The van der Waals surface area contributed by atoms with Crippen molar-refractivity contribution in [2.24, 2.45) is 0 Å². The average molecular weight is 347 g/mol. The molecule has 0 saturated carbocycles. The SMILES string of the molecule is O=C(O)CCCNc1ncc2c(n1)-c1ccc(Cl)cc1NC(=O)C2. The van der Waals surface area contributed by atoms with E-state index in [9.17, 15) is 9.59 Å². The second-order valence-electron chi connectivity index (χ2n) is 5.41. The van der Waals surface area contributed by atoms with E-state index in [0.29, 0.717) is 35.3 Å². The van der Waals surface area contributed by atoms with E-state index in [1.807, 2.05) is 6.07 Å². The number of hydrogen-bond donors (Lipinski definition) is 3. The second-order valence-corrected chi connectivity index (χ2v) is 5.84. The molecule has 0 atom stereocenters. The summed E-state index contributed by atoms with van der Waals surface area (Å²) in [5.74, 6) is -0.590. The first-order chi connectivity index (χ1) is 11.5. The van der Waals surface area contributed by atoms with Gasteiger partial charge in [-0.25, -0.2) is 9.97 Å². The van der Waals surface area contributed by atoms with Crippen molar-refractivity contribution in [3.63, 3.8) is 0 Å². The van der Waals surface area contributed by atoms with Gasteiger partial charge in [0.2, 0.25) is 11.9 Å². The number of nitrogens with one attached hydrogen (secondary N) is 2. The molecule has 7 nitrogen and oxygen atoms in total. The van der Waals surface area contributed by atoms with E-state index in [1.165, 1.54) is 0 Å². The molecular formula is C16H15ClN4O3. The van der Waals surface area contributed by atoms with Crippen LogP contribution in [0.1, 0.15) is 18.4 Å². The third kappa shape index (κ3) is 3.62. The van der Waals surface area contributed by atoms with Crippen molar-refractivity contribution in [2.45, 2.75) is 19.3 Å². The zero-order valence-corrected chi connectivity index (χ0v) is 13.4. The van der Waals surface area contributed by atoms with Gasteiger partial charge in [0.1, 0.15) is 0 Å². The summed E-state index contributed by atoms with van der Waals surface area (Å²) in [5.41, 5.74) is 2.78. The van der Waals surface area contributed by atoms with Crippen LogP contribution in [0.5, 0.6) is 0 Å². The molecular weight excluding hydrogens is 332 g/mol. The zero-order valence-electron chi connectivity index (χ0n) is 12.7. The molecule has 124 valence electrons. The molecule has 1 aromatic heterocycles. The molecule has 1 aliphatic rings. The molecule has 1 aliphatic heterocycles. The molecule has 0 fully saturated rings. The number of fused-ring (bicyclic) bond motifs is 3. The summed E-state index contributed by atoms with van der Waals surface area (Å²) >= 11 is 6.00. The van der Waals surface area contributed by atoms with Crippen LogP contribution in [0.3, 0.4) is 0 Å². The minimum Gasteiger partial charge on any atom is -0.481 e. The van der Waals surface area contributed by atoms with Gasteiger partial charge in [0.15, 0.2) is 0 Å². The monoisotopic (exact) mass is 346 g/mol. The maximum absolute atomic E-state index is 12.0. The lowest BCUT2D eigenvalue weighted by Crippen LogP contribution is -2.13. The van der Waals surface area contributed by atoms with Crippen LogP contribution in [0.15, 0.2) is 24.4 Å². The lowest BCUT2D eigenvalue weighted by molar-refractivity contribution is -0.137. The maximum atomic E-state index is 12.0. The van der Waals surface area contributed by atoms with Crippen molar-refractivity contribution in [3.8, 4) is 11.3 Å². The summed E-state index contributed by atoms with van der Waals surface area (Å²) in [7, 11) is 0. The Morgan fingerprint density at radius 3 is 3.04 bits per heavy atom. The number of halogens is 1. The third-order valence-corrected chi connectivity index (χ3v) is 3.81. The number of carboxylic acids is 1. The molecule has 2 heterocycles. The number of carbonyl (C=O) groups is 2. The maximum Gasteiger partial charge on any atom is 0.303 e. The number of amides is 1. The van der Waals surface area contributed by atoms with Gasteiger partial charge in [-0.3, -0.25) is 9.59 Å². The smallest absolute Gasteiger partial charge is 0.303 e. The number of nitrogens with zero attached hydrogens (tertiary/aromatic N) is 2. The summed E-state index contributed by atoms with van der Waals surface area (Å²) in [4.78, 5) is 31.2. The highest BCUT2D eigenvalue weighted by atomic mass is 35.5. The number of carboxylic acid groups (broad SMARTS) is 1. The first-order valence-corrected chi connectivity index (χ1v) is 7.82. The highest BCUT2D eigenvalue weighted by Crippen LogP contribution is 2.34. The molecule has 0 saturated heterocycles. The Hall–Kier alpha value is -2.67. The van der Waals surface area contributed by atoms with Gasteiger partial charge in [0, 0.05) is 35.3 Å². The Balaban J connectivity index is 1.89. The van der Waals surface area contributed by atoms with Crippen LogP contribution in [0.25, 0.3) is 11.3 Å². The van der Waals surface area contributed by atoms with Gasteiger partial charge >= 0.3 is 5.97 Å². The molecule has 2 aromatic rings. The molecule has 24 heavy (non-hydrogen) atoms. The molecule has 1 amide bonds. The van der Waals surface area contributed by atoms with Crippen LogP contribution < -0.4 is 10.6 Å². The van der Waals surface area contributed by atoms with Crippen LogP contribution in [-0.2, 0) is 16.0 Å². The first-order valence-electron chi connectivity index (χ1n) is 7.44. The number of carbonyl (C=O) groups excluding carboxylic acids is 1. The van der Waals surface area contributed by atoms with Crippen molar-refractivity contribution < 1.29 is 14.7 Å². The fourth-order valence-electron chi connectivity index (χ4n) is 2.49. The quantitative estimate of drug-likeness (QED) is 0.719. The zero-order chi connectivity index (χ0) is 17.1. The van der Waals surface area contributed by atoms with Gasteiger partial charge < -0.3 is 15.7 Å². The van der Waals surface area contributed by atoms with E-state index in [1.54, 1.807) is 18.3 Å². The number of anilines is 2. The number of aromatic nitrogens is 2. The number of benzene rings is 1. The molecule has 8 heteroatoms. The van der Waals surface area contributed by atoms with Crippen molar-refractivity contribution >= 4 is 35.1 Å². The molecule has 0 radical (unpaired) electrons. The highest BCUT2D eigenvalue weighted by molar-refractivity contribution is 6.31. The van der Waals surface area contributed by atoms with Crippen LogP contribution in [-0.4, -0.2) is 33.5 Å². The van der Waals surface area contributed by atoms with E-state index in [4.69, 9.17) is 16.7 Å². The van der Waals surface area contributed by atoms with Crippen LogP contribution in [0.2, 0.25) is 5.02 Å². The largest absolute Gasteiger partial charge is 0.481 e. The van der Waals surface area contributed by atoms with Crippen molar-refractivity contribution in [3.05, 3.63) is 35.0 Å². The normalized spacial score (nSPS) is 12.6.